The van der Waals surface area contributed by atoms with E-state index in [1.165, 1.54) is 22.4 Å². The highest BCUT2D eigenvalue weighted by Crippen LogP contribution is 2.55. The highest BCUT2D eigenvalue weighted by molar-refractivity contribution is 9.10. The molecule has 2 aliphatic rings. The van der Waals surface area contributed by atoms with Gasteiger partial charge in [0.2, 0.25) is 0 Å². The molecule has 3 aromatic carbocycles. The molecule has 4 heteroatoms. The Morgan fingerprint density at radius 2 is 1.46 bits per heavy atom. The van der Waals surface area contributed by atoms with Gasteiger partial charge in [0.25, 0.3) is 0 Å². The van der Waals surface area contributed by atoms with Crippen molar-refractivity contribution in [2.75, 3.05) is 0 Å². The minimum Gasteiger partial charge on any atom is -0.263 e. The van der Waals surface area contributed by atoms with E-state index < -0.39 is 0 Å². The molecule has 0 N–H and O–H groups in total. The van der Waals surface area contributed by atoms with E-state index in [0.717, 1.165) is 9.50 Å². The molecule has 1 fully saturated rings. The largest absolute Gasteiger partial charge is 0.263 e. The number of benzene rings is 3. The minimum atomic E-state index is 0.0427. The van der Waals surface area contributed by atoms with Crippen LogP contribution in [0.15, 0.2) is 88.3 Å². The van der Waals surface area contributed by atoms with Crippen LogP contribution < -0.4 is 0 Å². The number of halogens is 2. The summed E-state index contributed by atoms with van der Waals surface area (Å²) in [7, 11) is 0. The van der Waals surface area contributed by atoms with Crippen LogP contribution in [0.2, 0.25) is 5.02 Å². The van der Waals surface area contributed by atoms with Gasteiger partial charge in [0.15, 0.2) is 0 Å². The third-order valence-corrected chi connectivity index (χ3v) is 5.91. The van der Waals surface area contributed by atoms with Gasteiger partial charge in [0, 0.05) is 9.50 Å². The molecule has 128 valence electrons. The monoisotopic (exact) mass is 422 g/mol. The van der Waals surface area contributed by atoms with Crippen LogP contribution in [0.25, 0.3) is 0 Å². The van der Waals surface area contributed by atoms with Crippen molar-refractivity contribution in [3.63, 3.8) is 0 Å². The smallest absolute Gasteiger partial charge is 0.129 e. The van der Waals surface area contributed by atoms with Crippen LogP contribution in [0.1, 0.15) is 28.9 Å². The van der Waals surface area contributed by atoms with Gasteiger partial charge in [-0.3, -0.25) is 9.89 Å². The molecule has 1 saturated heterocycles. The Bertz CT molecular complexity index is 967. The van der Waals surface area contributed by atoms with Crippen molar-refractivity contribution in [2.45, 2.75) is 18.2 Å². The molecule has 3 aromatic rings. The van der Waals surface area contributed by atoms with Crippen LogP contribution in [-0.2, 0) is 0 Å². The van der Waals surface area contributed by atoms with Gasteiger partial charge in [-0.15, -0.1) is 0 Å². The van der Waals surface area contributed by atoms with Crippen molar-refractivity contribution in [1.29, 1.82) is 0 Å². The van der Waals surface area contributed by atoms with E-state index in [0.29, 0.717) is 12.1 Å². The zero-order valence-electron chi connectivity index (χ0n) is 13.9. The quantitative estimate of drug-likeness (QED) is 0.470. The topological polar surface area (TPSA) is 15.4 Å². The Morgan fingerprint density at radius 3 is 2.15 bits per heavy atom. The molecule has 2 aliphatic heterocycles. The van der Waals surface area contributed by atoms with E-state index >= 15 is 0 Å². The summed E-state index contributed by atoms with van der Waals surface area (Å²) >= 11 is 9.60. The summed E-state index contributed by atoms with van der Waals surface area (Å²) in [5.74, 6) is 0. The summed E-state index contributed by atoms with van der Waals surface area (Å²) < 4.78 is 1.08. The van der Waals surface area contributed by atoms with E-state index in [4.69, 9.17) is 16.6 Å². The van der Waals surface area contributed by atoms with Crippen LogP contribution in [0.4, 0.5) is 0 Å². The Morgan fingerprint density at radius 1 is 0.769 bits per heavy atom. The zero-order chi connectivity index (χ0) is 17.7. The molecule has 0 amide bonds. The molecule has 0 radical (unpaired) electrons. The lowest BCUT2D eigenvalue weighted by Gasteiger charge is -2.14. The first kappa shape index (κ1) is 16.2. The van der Waals surface area contributed by atoms with Gasteiger partial charge in [-0.05, 0) is 41.0 Å². The summed E-state index contributed by atoms with van der Waals surface area (Å²) in [5, 5.41) is 0.755. The van der Waals surface area contributed by atoms with Crippen LogP contribution in [0.5, 0.6) is 0 Å². The average Bonchev–Trinajstić information content (AvgIpc) is 3.29. The van der Waals surface area contributed by atoms with Gasteiger partial charge >= 0.3 is 0 Å². The second-order valence-electron chi connectivity index (χ2n) is 6.69. The van der Waals surface area contributed by atoms with Gasteiger partial charge in [-0.25, -0.2) is 0 Å². The van der Waals surface area contributed by atoms with E-state index in [-0.39, 0.29) is 6.17 Å². The van der Waals surface area contributed by atoms with Crippen LogP contribution in [-0.4, -0.2) is 16.7 Å². The van der Waals surface area contributed by atoms with E-state index in [1.807, 2.05) is 12.1 Å². The fourth-order valence-electron chi connectivity index (χ4n) is 3.87. The fraction of sp³-hybridized carbons (Fsp3) is 0.136. The number of aliphatic imine (C=N–C) groups is 1. The van der Waals surface area contributed by atoms with E-state index in [9.17, 15) is 0 Å². The van der Waals surface area contributed by atoms with Crippen LogP contribution >= 0.6 is 27.5 Å². The fourth-order valence-corrected chi connectivity index (χ4v) is 4.26. The molecule has 0 aliphatic carbocycles. The van der Waals surface area contributed by atoms with Crippen molar-refractivity contribution in [2.24, 2.45) is 4.99 Å². The molecular weight excluding hydrogens is 408 g/mol. The molecule has 0 saturated carbocycles. The van der Waals surface area contributed by atoms with Gasteiger partial charge in [-0.1, -0.05) is 82.1 Å². The number of hydrogen-bond acceptors (Lipinski definition) is 2. The Balaban J connectivity index is 1.56. The lowest BCUT2D eigenvalue weighted by atomic mass is 10.0. The summed E-state index contributed by atoms with van der Waals surface area (Å²) in [6.07, 6.45) is 0.0427. The Labute approximate surface area is 166 Å². The van der Waals surface area contributed by atoms with Crippen molar-refractivity contribution >= 4 is 33.2 Å². The predicted octanol–water partition coefficient (Wildman–Crippen LogP) is 6.03. The van der Waals surface area contributed by atoms with Crippen molar-refractivity contribution < 1.29 is 0 Å². The molecule has 0 bridgehead atoms. The third-order valence-electron chi connectivity index (χ3n) is 5.12. The lowest BCUT2D eigenvalue weighted by Crippen LogP contribution is -2.08. The van der Waals surface area contributed by atoms with E-state index in [1.54, 1.807) is 0 Å². The van der Waals surface area contributed by atoms with Crippen LogP contribution in [0, 0.1) is 0 Å². The Kier molecular flexibility index (Phi) is 3.96. The van der Waals surface area contributed by atoms with Gasteiger partial charge < -0.3 is 0 Å². The summed E-state index contributed by atoms with van der Waals surface area (Å²) in [6.45, 7) is 0. The first-order chi connectivity index (χ1) is 12.7. The maximum absolute atomic E-state index is 6.08. The highest BCUT2D eigenvalue weighted by atomic mass is 79.9. The Hall–Kier alpha value is -1.94. The SMILES string of the molecule is Clc1ccc(C2N=C(c3ccc(Br)cc3)C3C(c4ccccc4)N23)cc1. The second-order valence-corrected chi connectivity index (χ2v) is 8.05. The highest BCUT2D eigenvalue weighted by Gasteiger charge is 2.59. The van der Waals surface area contributed by atoms with Crippen molar-refractivity contribution in [3.8, 4) is 0 Å². The molecule has 4 unspecified atom stereocenters. The predicted molar refractivity (Wildman–Crippen MR) is 110 cm³/mol. The summed E-state index contributed by atoms with van der Waals surface area (Å²) in [6, 6.07) is 27.9. The standard InChI is InChI=1S/C22H16BrClN2/c23-17-10-6-14(7-11-17)19-21-20(15-4-2-1-3-5-15)26(21)22(25-19)16-8-12-18(24)13-9-16/h1-13,20-22H. The molecule has 2 heterocycles. The number of fused-ring (bicyclic) bond motifs is 1. The normalized spacial score (nSPS) is 26.3. The molecule has 26 heavy (non-hydrogen) atoms. The number of nitrogens with zero attached hydrogens (tertiary/aromatic N) is 2. The van der Waals surface area contributed by atoms with Gasteiger partial charge in [-0.2, -0.15) is 0 Å². The number of rotatable bonds is 3. The van der Waals surface area contributed by atoms with Crippen molar-refractivity contribution in [1.82, 2.24) is 4.90 Å². The molecule has 2 nitrogen and oxygen atoms in total. The average molecular weight is 424 g/mol. The van der Waals surface area contributed by atoms with E-state index in [2.05, 4.69) is 87.6 Å². The third kappa shape index (κ3) is 2.71. The lowest BCUT2D eigenvalue weighted by molar-refractivity contribution is 0.404. The molecular formula is C22H16BrClN2. The zero-order valence-corrected chi connectivity index (χ0v) is 16.2. The summed E-state index contributed by atoms with van der Waals surface area (Å²) in [5.41, 5.74) is 4.90. The molecule has 0 aromatic heterocycles. The number of hydrogen-bond donors (Lipinski definition) is 0. The first-order valence-corrected chi connectivity index (χ1v) is 9.81. The molecule has 0 spiro atoms. The van der Waals surface area contributed by atoms with Crippen molar-refractivity contribution in [3.05, 3.63) is 105 Å². The van der Waals surface area contributed by atoms with Gasteiger partial charge in [0.05, 0.1) is 17.8 Å². The maximum atomic E-state index is 6.08. The van der Waals surface area contributed by atoms with Gasteiger partial charge in [0.1, 0.15) is 6.17 Å². The molecule has 4 atom stereocenters. The second kappa shape index (κ2) is 6.34. The minimum absolute atomic E-state index is 0.0427. The first-order valence-electron chi connectivity index (χ1n) is 8.64. The maximum Gasteiger partial charge on any atom is 0.129 e. The van der Waals surface area contributed by atoms with Crippen LogP contribution in [0.3, 0.4) is 0 Å². The molecule has 5 rings (SSSR count). The summed E-state index contributed by atoms with van der Waals surface area (Å²) in [4.78, 5) is 7.56.